The van der Waals surface area contributed by atoms with Crippen molar-refractivity contribution in [2.24, 2.45) is 0 Å². The second-order valence-corrected chi connectivity index (χ2v) is 4.82. The lowest BCUT2D eigenvalue weighted by atomic mass is 10.2. The minimum atomic E-state index is 0.421. The van der Waals surface area contributed by atoms with E-state index in [1.807, 2.05) is 0 Å². The first kappa shape index (κ1) is 11.7. The monoisotopic (exact) mass is 222 g/mol. The Morgan fingerprint density at radius 1 is 1.56 bits per heavy atom. The summed E-state index contributed by atoms with van der Waals surface area (Å²) in [4.78, 5) is 0. The number of hydrogen-bond donors (Lipinski definition) is 1. The Hall–Kier alpha value is -0.800. The normalized spacial score (nSPS) is 20.8. The van der Waals surface area contributed by atoms with Crippen molar-refractivity contribution in [1.29, 1.82) is 0 Å². The number of nitrogens with zero attached hydrogens (tertiary/aromatic N) is 1. The minimum Gasteiger partial charge on any atom is -0.376 e. The summed E-state index contributed by atoms with van der Waals surface area (Å²) < 4.78 is 7.98. The van der Waals surface area contributed by atoms with E-state index >= 15 is 0 Å². The first-order chi connectivity index (χ1) is 7.75. The van der Waals surface area contributed by atoms with Crippen molar-refractivity contribution in [2.75, 3.05) is 6.61 Å². The molecule has 0 amide bonds. The summed E-state index contributed by atoms with van der Waals surface area (Å²) in [7, 11) is 0. The predicted octanol–water partition coefficient (Wildman–Crippen LogP) is 2.17. The van der Waals surface area contributed by atoms with Crippen LogP contribution in [0.5, 0.6) is 0 Å². The van der Waals surface area contributed by atoms with Crippen LogP contribution < -0.4 is 5.32 Å². The largest absolute Gasteiger partial charge is 0.376 e. The number of nitrogens with one attached hydrogen (secondary N) is 1. The van der Waals surface area contributed by atoms with Gasteiger partial charge in [0.2, 0.25) is 0 Å². The van der Waals surface area contributed by atoms with Gasteiger partial charge in [-0.05, 0) is 25.0 Å². The molecule has 0 spiro atoms. The van der Waals surface area contributed by atoms with Crippen LogP contribution >= 0.6 is 0 Å². The van der Waals surface area contributed by atoms with Crippen molar-refractivity contribution in [3.63, 3.8) is 0 Å². The molecule has 1 unspecified atom stereocenters. The molecule has 0 saturated carbocycles. The lowest BCUT2D eigenvalue weighted by molar-refractivity contribution is 0.0963. The van der Waals surface area contributed by atoms with Crippen molar-refractivity contribution in [2.45, 2.75) is 51.9 Å². The molecular weight excluding hydrogens is 200 g/mol. The Morgan fingerprint density at radius 3 is 3.12 bits per heavy atom. The summed E-state index contributed by atoms with van der Waals surface area (Å²) in [6, 6.07) is 4.84. The van der Waals surface area contributed by atoms with Gasteiger partial charge >= 0.3 is 0 Å². The Labute approximate surface area is 97.8 Å². The molecule has 0 radical (unpaired) electrons. The molecule has 3 nitrogen and oxygen atoms in total. The van der Waals surface area contributed by atoms with Gasteiger partial charge in [-0.2, -0.15) is 0 Å². The van der Waals surface area contributed by atoms with Crippen LogP contribution in [0, 0.1) is 0 Å². The van der Waals surface area contributed by atoms with E-state index in [9.17, 15) is 0 Å². The van der Waals surface area contributed by atoms with E-state index in [-0.39, 0.29) is 0 Å². The summed E-state index contributed by atoms with van der Waals surface area (Å²) in [5, 5.41) is 3.45. The lowest BCUT2D eigenvalue weighted by Crippen LogP contribution is -2.24. The van der Waals surface area contributed by atoms with Crippen LogP contribution in [0.25, 0.3) is 0 Å². The predicted molar refractivity (Wildman–Crippen MR) is 65.4 cm³/mol. The van der Waals surface area contributed by atoms with Crippen molar-refractivity contribution in [1.82, 2.24) is 9.88 Å². The molecule has 0 bridgehead atoms. The molecule has 1 aliphatic rings. The SMILES string of the molecule is CC(C)NCc1cccn1CC1CCCO1. The van der Waals surface area contributed by atoms with Crippen LogP contribution in [0.2, 0.25) is 0 Å². The summed E-state index contributed by atoms with van der Waals surface area (Å²) in [6.07, 6.45) is 4.99. The van der Waals surface area contributed by atoms with Gasteiger partial charge in [0.1, 0.15) is 0 Å². The summed E-state index contributed by atoms with van der Waals surface area (Å²) in [5.74, 6) is 0. The zero-order chi connectivity index (χ0) is 11.4. The van der Waals surface area contributed by atoms with E-state index in [0.29, 0.717) is 12.1 Å². The molecule has 1 aromatic heterocycles. The summed E-state index contributed by atoms with van der Waals surface area (Å²) in [5.41, 5.74) is 1.35. The van der Waals surface area contributed by atoms with E-state index in [2.05, 4.69) is 42.1 Å². The van der Waals surface area contributed by atoms with Gasteiger partial charge in [0.05, 0.1) is 6.10 Å². The zero-order valence-electron chi connectivity index (χ0n) is 10.3. The average Bonchev–Trinajstić information content (AvgIpc) is 2.87. The van der Waals surface area contributed by atoms with Gasteiger partial charge in [-0.25, -0.2) is 0 Å². The third kappa shape index (κ3) is 3.09. The van der Waals surface area contributed by atoms with Gasteiger partial charge in [0.25, 0.3) is 0 Å². The maximum absolute atomic E-state index is 5.67. The number of hydrogen-bond acceptors (Lipinski definition) is 2. The molecule has 2 heterocycles. The van der Waals surface area contributed by atoms with Gasteiger partial charge in [0.15, 0.2) is 0 Å². The van der Waals surface area contributed by atoms with Crippen molar-refractivity contribution in [3.8, 4) is 0 Å². The van der Waals surface area contributed by atoms with E-state index in [0.717, 1.165) is 19.7 Å². The maximum atomic E-state index is 5.67. The Bertz CT molecular complexity index is 313. The van der Waals surface area contributed by atoms with Crippen LogP contribution in [0.4, 0.5) is 0 Å². The van der Waals surface area contributed by atoms with Gasteiger partial charge in [-0.3, -0.25) is 0 Å². The van der Waals surface area contributed by atoms with Gasteiger partial charge < -0.3 is 14.6 Å². The summed E-state index contributed by atoms with van der Waals surface area (Å²) in [6.45, 7) is 7.23. The molecule has 1 aromatic rings. The molecule has 1 atom stereocenters. The number of aromatic nitrogens is 1. The molecule has 0 aromatic carbocycles. The van der Waals surface area contributed by atoms with Gasteiger partial charge in [-0.1, -0.05) is 13.8 Å². The summed E-state index contributed by atoms with van der Waals surface area (Å²) >= 11 is 0. The quantitative estimate of drug-likeness (QED) is 0.826. The second-order valence-electron chi connectivity index (χ2n) is 4.82. The maximum Gasteiger partial charge on any atom is 0.0754 e. The first-order valence-corrected chi connectivity index (χ1v) is 6.24. The molecule has 90 valence electrons. The number of ether oxygens (including phenoxy) is 1. The molecule has 1 fully saturated rings. The highest BCUT2D eigenvalue weighted by atomic mass is 16.5. The molecule has 3 heteroatoms. The highest BCUT2D eigenvalue weighted by Crippen LogP contribution is 2.15. The van der Waals surface area contributed by atoms with Gasteiger partial charge in [-0.15, -0.1) is 0 Å². The zero-order valence-corrected chi connectivity index (χ0v) is 10.3. The van der Waals surface area contributed by atoms with E-state index in [1.165, 1.54) is 18.5 Å². The minimum absolute atomic E-state index is 0.421. The standard InChI is InChI=1S/C13H22N2O/c1-11(2)14-9-12-5-3-7-15(12)10-13-6-4-8-16-13/h3,5,7,11,13-14H,4,6,8-10H2,1-2H3. The molecule has 0 aliphatic carbocycles. The fraction of sp³-hybridized carbons (Fsp3) is 0.692. The Morgan fingerprint density at radius 2 is 2.44 bits per heavy atom. The lowest BCUT2D eigenvalue weighted by Gasteiger charge is -2.15. The molecule has 1 aliphatic heterocycles. The first-order valence-electron chi connectivity index (χ1n) is 6.24. The van der Waals surface area contributed by atoms with Crippen LogP contribution in [0.15, 0.2) is 18.3 Å². The molecule has 1 saturated heterocycles. The molecular formula is C13H22N2O. The van der Waals surface area contributed by atoms with Crippen LogP contribution in [-0.2, 0) is 17.8 Å². The Balaban J connectivity index is 1.90. The number of rotatable bonds is 5. The average molecular weight is 222 g/mol. The van der Waals surface area contributed by atoms with Crippen LogP contribution in [-0.4, -0.2) is 23.3 Å². The molecule has 2 rings (SSSR count). The van der Waals surface area contributed by atoms with E-state index in [4.69, 9.17) is 4.74 Å². The van der Waals surface area contributed by atoms with Crippen molar-refractivity contribution >= 4 is 0 Å². The molecule has 16 heavy (non-hydrogen) atoms. The van der Waals surface area contributed by atoms with Crippen molar-refractivity contribution in [3.05, 3.63) is 24.0 Å². The molecule has 1 N–H and O–H groups in total. The van der Waals surface area contributed by atoms with Gasteiger partial charge in [0, 0.05) is 37.6 Å². The van der Waals surface area contributed by atoms with E-state index < -0.39 is 0 Å². The van der Waals surface area contributed by atoms with Crippen LogP contribution in [0.3, 0.4) is 0 Å². The Kier molecular flexibility index (Phi) is 4.02. The highest BCUT2D eigenvalue weighted by molar-refractivity contribution is 5.07. The third-order valence-corrected chi connectivity index (χ3v) is 3.04. The van der Waals surface area contributed by atoms with Crippen LogP contribution in [0.1, 0.15) is 32.4 Å². The van der Waals surface area contributed by atoms with E-state index in [1.54, 1.807) is 0 Å². The second kappa shape index (κ2) is 5.51. The smallest absolute Gasteiger partial charge is 0.0754 e. The van der Waals surface area contributed by atoms with Crippen molar-refractivity contribution < 1.29 is 4.74 Å². The highest BCUT2D eigenvalue weighted by Gasteiger charge is 2.16. The third-order valence-electron chi connectivity index (χ3n) is 3.04. The topological polar surface area (TPSA) is 26.2 Å². The fourth-order valence-corrected chi connectivity index (χ4v) is 2.10. The fourth-order valence-electron chi connectivity index (χ4n) is 2.10.